The fourth-order valence-corrected chi connectivity index (χ4v) is 4.36. The van der Waals surface area contributed by atoms with Gasteiger partial charge in [0.25, 0.3) is 0 Å². The summed E-state index contributed by atoms with van der Waals surface area (Å²) < 4.78 is 5.55. The number of rotatable bonds is 3. The minimum absolute atomic E-state index is 0.608. The van der Waals surface area contributed by atoms with Crippen LogP contribution in [0.4, 0.5) is 0 Å². The molecule has 17 heavy (non-hydrogen) atoms. The van der Waals surface area contributed by atoms with E-state index in [9.17, 15) is 0 Å². The van der Waals surface area contributed by atoms with Crippen LogP contribution in [0.2, 0.25) is 0 Å². The predicted octanol–water partition coefficient (Wildman–Crippen LogP) is 3.12. The first-order valence-electron chi connectivity index (χ1n) is 7.70. The highest BCUT2D eigenvalue weighted by atomic mass is 16.5. The van der Waals surface area contributed by atoms with Gasteiger partial charge in [-0.2, -0.15) is 0 Å². The molecule has 1 spiro atoms. The highest BCUT2D eigenvalue weighted by molar-refractivity contribution is 4.97. The molecule has 1 unspecified atom stereocenters. The number of hydrogen-bond acceptors (Lipinski definition) is 2. The molecule has 0 radical (unpaired) electrons. The normalized spacial score (nSPS) is 33.5. The molecule has 3 rings (SSSR count). The summed E-state index contributed by atoms with van der Waals surface area (Å²) in [6, 6.07) is 0.798. The van der Waals surface area contributed by atoms with Crippen LogP contribution in [0.25, 0.3) is 0 Å². The van der Waals surface area contributed by atoms with Gasteiger partial charge in [-0.15, -0.1) is 0 Å². The molecule has 0 aromatic carbocycles. The lowest BCUT2D eigenvalue weighted by atomic mass is 9.75. The van der Waals surface area contributed by atoms with Gasteiger partial charge < -0.3 is 10.1 Å². The van der Waals surface area contributed by atoms with E-state index in [-0.39, 0.29) is 0 Å². The van der Waals surface area contributed by atoms with Gasteiger partial charge in [0.15, 0.2) is 0 Å². The van der Waals surface area contributed by atoms with Crippen molar-refractivity contribution in [1.82, 2.24) is 5.32 Å². The molecule has 0 bridgehead atoms. The van der Waals surface area contributed by atoms with Crippen molar-refractivity contribution < 1.29 is 4.74 Å². The Morgan fingerprint density at radius 2 is 1.71 bits per heavy atom. The Bertz CT molecular complexity index is 241. The molecule has 2 nitrogen and oxygen atoms in total. The zero-order chi connectivity index (χ0) is 11.6. The molecule has 1 N–H and O–H groups in total. The molecule has 0 aromatic heterocycles. The van der Waals surface area contributed by atoms with Gasteiger partial charge in [-0.05, 0) is 56.4 Å². The van der Waals surface area contributed by atoms with Crippen molar-refractivity contribution in [1.29, 1.82) is 0 Å². The van der Waals surface area contributed by atoms with E-state index in [1.807, 2.05) is 0 Å². The van der Waals surface area contributed by atoms with Gasteiger partial charge in [0.2, 0.25) is 0 Å². The average Bonchev–Trinajstić information content (AvgIpc) is 2.98. The molecule has 0 amide bonds. The third-order valence-electron chi connectivity index (χ3n) is 5.52. The SMILES string of the molecule is C1CCC(CNC2CCCC23CCOCC3)C1. The van der Waals surface area contributed by atoms with Crippen molar-refractivity contribution >= 4 is 0 Å². The molecule has 3 aliphatic rings. The predicted molar refractivity (Wildman–Crippen MR) is 70.1 cm³/mol. The lowest BCUT2D eigenvalue weighted by molar-refractivity contribution is 0.00390. The largest absolute Gasteiger partial charge is 0.381 e. The topological polar surface area (TPSA) is 21.3 Å². The van der Waals surface area contributed by atoms with Crippen molar-refractivity contribution in [3.8, 4) is 0 Å². The van der Waals surface area contributed by atoms with E-state index >= 15 is 0 Å². The van der Waals surface area contributed by atoms with Gasteiger partial charge in [0, 0.05) is 19.3 Å². The van der Waals surface area contributed by atoms with E-state index in [1.54, 1.807) is 0 Å². The van der Waals surface area contributed by atoms with Crippen LogP contribution < -0.4 is 5.32 Å². The maximum absolute atomic E-state index is 5.55. The van der Waals surface area contributed by atoms with Gasteiger partial charge in [-0.25, -0.2) is 0 Å². The molecule has 2 aliphatic carbocycles. The zero-order valence-electron chi connectivity index (χ0n) is 11.0. The Hall–Kier alpha value is -0.0800. The maximum Gasteiger partial charge on any atom is 0.0471 e. The zero-order valence-corrected chi connectivity index (χ0v) is 11.0. The third kappa shape index (κ3) is 2.53. The quantitative estimate of drug-likeness (QED) is 0.814. The molecular weight excluding hydrogens is 210 g/mol. The van der Waals surface area contributed by atoms with Crippen LogP contribution in [0.1, 0.15) is 57.8 Å². The van der Waals surface area contributed by atoms with Gasteiger partial charge >= 0.3 is 0 Å². The molecule has 1 aliphatic heterocycles. The monoisotopic (exact) mass is 237 g/mol. The summed E-state index contributed by atoms with van der Waals surface area (Å²) in [5, 5.41) is 3.93. The highest BCUT2D eigenvalue weighted by Crippen LogP contribution is 2.46. The summed E-state index contributed by atoms with van der Waals surface area (Å²) in [5.41, 5.74) is 0.608. The van der Waals surface area contributed by atoms with E-state index in [1.165, 1.54) is 64.3 Å². The molecular formula is C15H27NO. The van der Waals surface area contributed by atoms with Crippen LogP contribution in [0.5, 0.6) is 0 Å². The summed E-state index contributed by atoms with van der Waals surface area (Å²) in [6.07, 6.45) is 12.8. The smallest absolute Gasteiger partial charge is 0.0471 e. The number of ether oxygens (including phenoxy) is 1. The van der Waals surface area contributed by atoms with Crippen LogP contribution >= 0.6 is 0 Å². The van der Waals surface area contributed by atoms with Crippen molar-refractivity contribution in [2.75, 3.05) is 19.8 Å². The van der Waals surface area contributed by atoms with E-state index in [0.29, 0.717) is 5.41 Å². The summed E-state index contributed by atoms with van der Waals surface area (Å²) >= 11 is 0. The Morgan fingerprint density at radius 1 is 0.941 bits per heavy atom. The summed E-state index contributed by atoms with van der Waals surface area (Å²) in [6.45, 7) is 3.29. The second-order valence-corrected chi connectivity index (χ2v) is 6.48. The first-order valence-corrected chi connectivity index (χ1v) is 7.70. The first kappa shape index (κ1) is 12.0. The van der Waals surface area contributed by atoms with Crippen molar-refractivity contribution in [3.05, 3.63) is 0 Å². The van der Waals surface area contributed by atoms with Crippen molar-refractivity contribution in [2.45, 2.75) is 63.8 Å². The Morgan fingerprint density at radius 3 is 2.47 bits per heavy atom. The Labute approximate surface area is 105 Å². The van der Waals surface area contributed by atoms with E-state index < -0.39 is 0 Å². The highest BCUT2D eigenvalue weighted by Gasteiger charge is 2.43. The molecule has 0 aromatic rings. The number of nitrogens with one attached hydrogen (secondary N) is 1. The van der Waals surface area contributed by atoms with E-state index in [2.05, 4.69) is 5.32 Å². The molecule has 98 valence electrons. The van der Waals surface area contributed by atoms with Gasteiger partial charge in [-0.1, -0.05) is 19.3 Å². The lowest BCUT2D eigenvalue weighted by Gasteiger charge is -2.39. The Balaban J connectivity index is 1.53. The molecule has 1 heterocycles. The van der Waals surface area contributed by atoms with Gasteiger partial charge in [0.05, 0.1) is 0 Å². The summed E-state index contributed by atoms with van der Waals surface area (Å²) in [5.74, 6) is 0.979. The standard InChI is InChI=1S/C15H27NO/c1-2-5-13(4-1)12-16-14-6-3-7-15(14)8-10-17-11-9-15/h13-14,16H,1-12H2. The lowest BCUT2D eigenvalue weighted by Crippen LogP contribution is -2.46. The van der Waals surface area contributed by atoms with Crippen LogP contribution in [0.15, 0.2) is 0 Å². The fourth-order valence-electron chi connectivity index (χ4n) is 4.36. The van der Waals surface area contributed by atoms with Gasteiger partial charge in [-0.3, -0.25) is 0 Å². The van der Waals surface area contributed by atoms with Crippen molar-refractivity contribution in [2.24, 2.45) is 11.3 Å². The molecule has 2 saturated carbocycles. The van der Waals surface area contributed by atoms with Crippen LogP contribution in [-0.4, -0.2) is 25.8 Å². The number of hydrogen-bond donors (Lipinski definition) is 1. The first-order chi connectivity index (χ1) is 8.39. The molecule has 2 heteroatoms. The van der Waals surface area contributed by atoms with E-state index in [0.717, 1.165) is 25.2 Å². The van der Waals surface area contributed by atoms with Gasteiger partial charge in [0.1, 0.15) is 0 Å². The summed E-state index contributed by atoms with van der Waals surface area (Å²) in [4.78, 5) is 0. The maximum atomic E-state index is 5.55. The minimum atomic E-state index is 0.608. The van der Waals surface area contributed by atoms with Crippen LogP contribution in [0, 0.1) is 11.3 Å². The second-order valence-electron chi connectivity index (χ2n) is 6.48. The molecule has 3 fully saturated rings. The molecule has 1 saturated heterocycles. The fraction of sp³-hybridized carbons (Fsp3) is 1.00. The summed E-state index contributed by atoms with van der Waals surface area (Å²) in [7, 11) is 0. The van der Waals surface area contributed by atoms with Crippen LogP contribution in [-0.2, 0) is 4.74 Å². The van der Waals surface area contributed by atoms with E-state index in [4.69, 9.17) is 4.74 Å². The minimum Gasteiger partial charge on any atom is -0.381 e. The third-order valence-corrected chi connectivity index (χ3v) is 5.52. The van der Waals surface area contributed by atoms with Crippen molar-refractivity contribution in [3.63, 3.8) is 0 Å². The molecule has 1 atom stereocenters. The van der Waals surface area contributed by atoms with Crippen LogP contribution in [0.3, 0.4) is 0 Å². The average molecular weight is 237 g/mol. The Kier molecular flexibility index (Phi) is 3.72. The second kappa shape index (κ2) is 5.27.